The molecule has 5 nitrogen and oxygen atoms in total. The van der Waals surface area contributed by atoms with Crippen molar-refractivity contribution in [1.29, 1.82) is 0 Å². The van der Waals surface area contributed by atoms with Gasteiger partial charge in [-0.2, -0.15) is 0 Å². The number of aryl methyl sites for hydroxylation is 1. The molecule has 8 heteroatoms. The summed E-state index contributed by atoms with van der Waals surface area (Å²) in [6.07, 6.45) is 0. The standard InChI is InChI=1S/C23H22BrCl2N3O2/c1-5-31-21(30)19-20-18(27-17-11-14(26)7-6-12(17)2)15-9-8-13(25)10-16(15)23(3,4)29(20)22(24)28-19/h6-11,18,27H,5H2,1-4H3. The lowest BCUT2D eigenvalue weighted by Gasteiger charge is -2.40. The van der Waals surface area contributed by atoms with Crippen LogP contribution < -0.4 is 5.32 Å². The van der Waals surface area contributed by atoms with Crippen molar-refractivity contribution in [2.45, 2.75) is 39.3 Å². The molecule has 31 heavy (non-hydrogen) atoms. The second-order valence-electron chi connectivity index (χ2n) is 8.00. The van der Waals surface area contributed by atoms with Crippen LogP contribution in [0.4, 0.5) is 5.69 Å². The SMILES string of the molecule is CCOC(=O)c1nc(Br)n2c1C(Nc1cc(Cl)ccc1C)c1ccc(Cl)cc1C2(C)C. The Hall–Kier alpha value is -2.02. The van der Waals surface area contributed by atoms with Gasteiger partial charge < -0.3 is 14.6 Å². The number of halogens is 3. The number of anilines is 1. The summed E-state index contributed by atoms with van der Waals surface area (Å²) in [6.45, 7) is 8.21. The summed E-state index contributed by atoms with van der Waals surface area (Å²) in [6, 6.07) is 11.2. The first-order chi connectivity index (χ1) is 14.6. The summed E-state index contributed by atoms with van der Waals surface area (Å²) in [7, 11) is 0. The van der Waals surface area contributed by atoms with Gasteiger partial charge in [0.05, 0.1) is 23.9 Å². The fourth-order valence-electron chi connectivity index (χ4n) is 4.18. The average molecular weight is 523 g/mol. The number of imidazole rings is 1. The minimum absolute atomic E-state index is 0.268. The van der Waals surface area contributed by atoms with Gasteiger partial charge in [-0.1, -0.05) is 35.3 Å². The molecule has 0 saturated carbocycles. The zero-order chi connectivity index (χ0) is 22.5. The molecule has 0 aliphatic carbocycles. The molecule has 1 atom stereocenters. The Labute approximate surface area is 199 Å². The van der Waals surface area contributed by atoms with E-state index >= 15 is 0 Å². The number of nitrogens with one attached hydrogen (secondary N) is 1. The first-order valence-electron chi connectivity index (χ1n) is 9.93. The number of esters is 1. The Bertz CT molecular complexity index is 1190. The first-order valence-corrected chi connectivity index (χ1v) is 11.5. The maximum atomic E-state index is 12.8. The van der Waals surface area contributed by atoms with Crippen LogP contribution in [0.3, 0.4) is 0 Å². The highest BCUT2D eigenvalue weighted by molar-refractivity contribution is 9.10. The molecule has 0 saturated heterocycles. The number of fused-ring (bicyclic) bond motifs is 2. The fraction of sp³-hybridized carbons (Fsp3) is 0.304. The van der Waals surface area contributed by atoms with Crippen LogP contribution in [0.25, 0.3) is 0 Å². The summed E-state index contributed by atoms with van der Waals surface area (Å²) in [4.78, 5) is 17.4. The number of ether oxygens (including phenoxy) is 1. The fourth-order valence-corrected chi connectivity index (χ4v) is 5.34. The van der Waals surface area contributed by atoms with Crippen LogP contribution in [0.1, 0.15) is 59.7 Å². The van der Waals surface area contributed by atoms with E-state index < -0.39 is 11.5 Å². The zero-order valence-corrected chi connectivity index (χ0v) is 20.7. The van der Waals surface area contributed by atoms with Gasteiger partial charge in [0.15, 0.2) is 10.4 Å². The van der Waals surface area contributed by atoms with Crippen molar-refractivity contribution >= 4 is 50.8 Å². The molecule has 1 N–H and O–H groups in total. The smallest absolute Gasteiger partial charge is 0.358 e. The van der Waals surface area contributed by atoms with Crippen LogP contribution in [0, 0.1) is 6.92 Å². The maximum absolute atomic E-state index is 12.8. The van der Waals surface area contributed by atoms with Crippen molar-refractivity contribution in [3.63, 3.8) is 0 Å². The summed E-state index contributed by atoms with van der Waals surface area (Å²) in [5.41, 5.74) is 4.46. The normalized spacial score (nSPS) is 16.4. The van der Waals surface area contributed by atoms with E-state index in [0.29, 0.717) is 14.8 Å². The van der Waals surface area contributed by atoms with Crippen LogP contribution in [-0.4, -0.2) is 22.1 Å². The van der Waals surface area contributed by atoms with Crippen molar-refractivity contribution in [2.24, 2.45) is 0 Å². The largest absolute Gasteiger partial charge is 0.461 e. The average Bonchev–Trinajstić information content (AvgIpc) is 3.06. The van der Waals surface area contributed by atoms with Crippen LogP contribution in [0.5, 0.6) is 0 Å². The van der Waals surface area contributed by atoms with Crippen molar-refractivity contribution < 1.29 is 9.53 Å². The topological polar surface area (TPSA) is 56.1 Å². The van der Waals surface area contributed by atoms with Gasteiger partial charge in [-0.25, -0.2) is 9.78 Å². The van der Waals surface area contributed by atoms with Crippen molar-refractivity contribution in [1.82, 2.24) is 9.55 Å². The Morgan fingerprint density at radius 3 is 2.61 bits per heavy atom. The van der Waals surface area contributed by atoms with Crippen molar-refractivity contribution in [2.75, 3.05) is 11.9 Å². The molecule has 1 aromatic heterocycles. The number of rotatable bonds is 4. The summed E-state index contributed by atoms with van der Waals surface area (Å²) in [5.74, 6) is -0.459. The molecule has 1 unspecified atom stereocenters. The molecule has 4 rings (SSSR count). The lowest BCUT2D eigenvalue weighted by molar-refractivity contribution is 0.0518. The monoisotopic (exact) mass is 521 g/mol. The lowest BCUT2D eigenvalue weighted by Crippen LogP contribution is -2.39. The highest BCUT2D eigenvalue weighted by atomic mass is 79.9. The zero-order valence-electron chi connectivity index (χ0n) is 17.6. The Morgan fingerprint density at radius 2 is 1.90 bits per heavy atom. The number of carbonyl (C=O) groups is 1. The van der Waals surface area contributed by atoms with E-state index in [4.69, 9.17) is 27.9 Å². The van der Waals surface area contributed by atoms with Gasteiger partial charge in [-0.3, -0.25) is 0 Å². The molecule has 2 aromatic carbocycles. The Balaban J connectivity index is 1.99. The molecule has 0 bridgehead atoms. The van der Waals surface area contributed by atoms with E-state index in [-0.39, 0.29) is 18.3 Å². The summed E-state index contributed by atoms with van der Waals surface area (Å²) in [5, 5.41) is 4.87. The van der Waals surface area contributed by atoms with Gasteiger partial charge in [0.25, 0.3) is 0 Å². The predicted octanol–water partition coefficient (Wildman–Crippen LogP) is 6.74. The van der Waals surface area contributed by atoms with E-state index in [1.165, 1.54) is 0 Å². The lowest BCUT2D eigenvalue weighted by atomic mass is 9.81. The molecule has 0 radical (unpaired) electrons. The highest BCUT2D eigenvalue weighted by Crippen LogP contribution is 2.46. The van der Waals surface area contributed by atoms with Gasteiger partial charge in [0.1, 0.15) is 0 Å². The van der Waals surface area contributed by atoms with Crippen LogP contribution in [0.15, 0.2) is 41.1 Å². The van der Waals surface area contributed by atoms with E-state index in [1.807, 2.05) is 47.9 Å². The molecule has 1 aliphatic heterocycles. The van der Waals surface area contributed by atoms with E-state index in [1.54, 1.807) is 6.92 Å². The van der Waals surface area contributed by atoms with Gasteiger partial charge in [-0.15, -0.1) is 0 Å². The van der Waals surface area contributed by atoms with Gasteiger partial charge in [-0.05, 0) is 84.6 Å². The minimum atomic E-state index is -0.506. The third kappa shape index (κ3) is 3.75. The third-order valence-corrected chi connectivity index (χ3v) is 6.66. The molecule has 162 valence electrons. The Kier molecular flexibility index (Phi) is 5.83. The van der Waals surface area contributed by atoms with Crippen molar-refractivity contribution in [3.05, 3.63) is 79.3 Å². The highest BCUT2D eigenvalue weighted by Gasteiger charge is 2.43. The molecule has 2 heterocycles. The van der Waals surface area contributed by atoms with Gasteiger partial charge in [0.2, 0.25) is 0 Å². The third-order valence-electron chi connectivity index (χ3n) is 5.66. The number of benzene rings is 2. The van der Waals surface area contributed by atoms with Crippen LogP contribution in [0.2, 0.25) is 10.0 Å². The molecular formula is C23H22BrCl2N3O2. The minimum Gasteiger partial charge on any atom is -0.461 e. The second kappa shape index (κ2) is 8.15. The second-order valence-corrected chi connectivity index (χ2v) is 9.58. The van der Waals surface area contributed by atoms with Gasteiger partial charge >= 0.3 is 5.97 Å². The van der Waals surface area contributed by atoms with Crippen LogP contribution >= 0.6 is 39.1 Å². The molecule has 0 fully saturated rings. The molecule has 1 aliphatic rings. The van der Waals surface area contributed by atoms with Crippen molar-refractivity contribution in [3.8, 4) is 0 Å². The van der Waals surface area contributed by atoms with E-state index in [9.17, 15) is 4.79 Å². The number of hydrogen-bond acceptors (Lipinski definition) is 4. The van der Waals surface area contributed by atoms with Gasteiger partial charge in [0, 0.05) is 15.7 Å². The number of nitrogens with zero attached hydrogens (tertiary/aromatic N) is 2. The Morgan fingerprint density at radius 1 is 1.23 bits per heavy atom. The predicted molar refractivity (Wildman–Crippen MR) is 127 cm³/mol. The summed E-state index contributed by atoms with van der Waals surface area (Å²) >= 11 is 16.2. The number of aromatic nitrogens is 2. The number of hydrogen-bond donors (Lipinski definition) is 1. The molecule has 0 amide bonds. The molecular weight excluding hydrogens is 501 g/mol. The maximum Gasteiger partial charge on any atom is 0.358 e. The molecule has 3 aromatic rings. The summed E-state index contributed by atoms with van der Waals surface area (Å²) < 4.78 is 7.89. The quantitative estimate of drug-likeness (QED) is 0.385. The number of carbonyl (C=O) groups excluding carboxylic acids is 1. The van der Waals surface area contributed by atoms with Crippen LogP contribution in [-0.2, 0) is 10.3 Å². The van der Waals surface area contributed by atoms with E-state index in [0.717, 1.165) is 28.1 Å². The first kappa shape index (κ1) is 22.2. The molecule has 0 spiro atoms. The van der Waals surface area contributed by atoms with E-state index in [2.05, 4.69) is 40.1 Å².